The highest BCUT2D eigenvalue weighted by molar-refractivity contribution is 6.33. The molecule has 4 heterocycles. The van der Waals surface area contributed by atoms with Gasteiger partial charge in [0.2, 0.25) is 5.91 Å². The van der Waals surface area contributed by atoms with Crippen LogP contribution in [0.4, 0.5) is 5.82 Å². The highest BCUT2D eigenvalue weighted by Crippen LogP contribution is 2.31. The summed E-state index contributed by atoms with van der Waals surface area (Å²) in [6.07, 6.45) is 8.64. The minimum Gasteiger partial charge on any atom is -0.366 e. The number of primary amides is 1. The molecule has 37 heavy (non-hydrogen) atoms. The number of aromatic amines is 1. The van der Waals surface area contributed by atoms with Gasteiger partial charge < -0.3 is 15.6 Å². The van der Waals surface area contributed by atoms with Crippen LogP contribution in [-0.4, -0.2) is 75.5 Å². The van der Waals surface area contributed by atoms with E-state index >= 15 is 0 Å². The van der Waals surface area contributed by atoms with E-state index in [9.17, 15) is 4.79 Å². The van der Waals surface area contributed by atoms with Crippen molar-refractivity contribution < 1.29 is 4.79 Å². The van der Waals surface area contributed by atoms with E-state index in [2.05, 4.69) is 31.6 Å². The number of likely N-dealkylation sites (tertiary alicyclic amines) is 1. The molecular formula is C27H33Cl2N7O. The van der Waals surface area contributed by atoms with Crippen molar-refractivity contribution in [1.82, 2.24) is 24.8 Å². The molecule has 8 nitrogen and oxygen atoms in total. The average Bonchev–Trinajstić information content (AvgIpc) is 3.45. The minimum atomic E-state index is -0.429. The first-order chi connectivity index (χ1) is 17.9. The predicted octanol–water partition coefficient (Wildman–Crippen LogP) is 4.44. The van der Waals surface area contributed by atoms with E-state index in [-0.39, 0.29) is 0 Å². The fourth-order valence-corrected chi connectivity index (χ4v) is 6.15. The van der Waals surface area contributed by atoms with Crippen molar-refractivity contribution in [3.63, 3.8) is 0 Å². The molecule has 196 valence electrons. The molecule has 0 saturated carbocycles. The first kappa shape index (κ1) is 26.0. The second-order valence-corrected chi connectivity index (χ2v) is 10.7. The number of nitrogens with two attached hydrogens (primary N) is 1. The second-order valence-electron chi connectivity index (χ2n) is 9.89. The molecule has 0 bridgehead atoms. The largest absolute Gasteiger partial charge is 0.366 e. The van der Waals surface area contributed by atoms with Crippen molar-refractivity contribution in [2.45, 2.75) is 44.8 Å². The number of nitrogens with zero attached hydrogens (tertiary/aromatic N) is 5. The molecule has 3 aromatic rings. The lowest BCUT2D eigenvalue weighted by Crippen LogP contribution is -2.58. The van der Waals surface area contributed by atoms with E-state index in [1.807, 2.05) is 24.4 Å². The van der Waals surface area contributed by atoms with Gasteiger partial charge in [0.05, 0.1) is 5.02 Å². The second kappa shape index (κ2) is 11.4. The SMILES string of the molecule is CC[C@H]1CN(c2ncc(-c3ncc[nH]3)cc2Cl)CCN1C1CCN(Cc2ccc(Cl)cc2C(N)=O)CC1. The topological polar surface area (TPSA) is 94.4 Å². The maximum absolute atomic E-state index is 11.9. The van der Waals surface area contributed by atoms with Crippen molar-refractivity contribution >= 4 is 34.9 Å². The number of hydrogen-bond acceptors (Lipinski definition) is 6. The molecule has 2 saturated heterocycles. The normalized spacial score (nSPS) is 19.9. The van der Waals surface area contributed by atoms with Crippen molar-refractivity contribution in [2.24, 2.45) is 5.73 Å². The van der Waals surface area contributed by atoms with Crippen LogP contribution in [0.3, 0.4) is 0 Å². The van der Waals surface area contributed by atoms with Crippen LogP contribution >= 0.6 is 23.2 Å². The molecule has 2 aromatic heterocycles. The van der Waals surface area contributed by atoms with Crippen molar-refractivity contribution in [1.29, 1.82) is 0 Å². The number of aromatic nitrogens is 3. The number of carbonyl (C=O) groups excluding carboxylic acids is 1. The maximum atomic E-state index is 11.9. The van der Waals surface area contributed by atoms with Crippen LogP contribution in [0.2, 0.25) is 10.0 Å². The zero-order valence-corrected chi connectivity index (χ0v) is 22.5. The predicted molar refractivity (Wildman–Crippen MR) is 148 cm³/mol. The maximum Gasteiger partial charge on any atom is 0.249 e. The molecule has 2 fully saturated rings. The Morgan fingerprint density at radius 1 is 1.14 bits per heavy atom. The molecule has 0 unspecified atom stereocenters. The Hall–Kier alpha value is -2.65. The number of piperazine rings is 1. The summed E-state index contributed by atoms with van der Waals surface area (Å²) in [5.74, 6) is 1.19. The number of rotatable bonds is 7. The number of nitrogens with one attached hydrogen (secondary N) is 1. The fourth-order valence-electron chi connectivity index (χ4n) is 5.69. The van der Waals surface area contributed by atoms with Gasteiger partial charge >= 0.3 is 0 Å². The highest BCUT2D eigenvalue weighted by atomic mass is 35.5. The molecule has 0 spiro atoms. The van der Waals surface area contributed by atoms with E-state index in [4.69, 9.17) is 33.9 Å². The molecule has 1 amide bonds. The Morgan fingerprint density at radius 2 is 1.95 bits per heavy atom. The average molecular weight is 543 g/mol. The van der Waals surface area contributed by atoms with Gasteiger partial charge in [0, 0.05) is 73.0 Å². The number of hydrogen-bond donors (Lipinski definition) is 2. The van der Waals surface area contributed by atoms with Gasteiger partial charge in [-0.15, -0.1) is 0 Å². The van der Waals surface area contributed by atoms with Crippen LogP contribution in [0.1, 0.15) is 42.1 Å². The number of benzene rings is 1. The number of H-pyrrole nitrogens is 1. The summed E-state index contributed by atoms with van der Waals surface area (Å²) in [5, 5.41) is 1.19. The van der Waals surface area contributed by atoms with Gasteiger partial charge in [-0.3, -0.25) is 14.6 Å². The van der Waals surface area contributed by atoms with Gasteiger partial charge in [-0.1, -0.05) is 36.2 Å². The summed E-state index contributed by atoms with van der Waals surface area (Å²) in [7, 11) is 0. The lowest BCUT2D eigenvalue weighted by molar-refractivity contribution is 0.0609. The molecule has 1 aromatic carbocycles. The van der Waals surface area contributed by atoms with Gasteiger partial charge in [-0.05, 0) is 56.1 Å². The first-order valence-corrected chi connectivity index (χ1v) is 13.6. The van der Waals surface area contributed by atoms with Crippen LogP contribution < -0.4 is 10.6 Å². The van der Waals surface area contributed by atoms with Crippen LogP contribution in [-0.2, 0) is 6.54 Å². The van der Waals surface area contributed by atoms with Gasteiger partial charge in [-0.2, -0.15) is 0 Å². The minimum absolute atomic E-state index is 0.429. The number of anilines is 1. The lowest BCUT2D eigenvalue weighted by atomic mass is 9.97. The van der Waals surface area contributed by atoms with E-state index in [1.54, 1.807) is 18.5 Å². The third-order valence-corrected chi connectivity index (χ3v) is 8.16. The third-order valence-electron chi connectivity index (χ3n) is 7.65. The molecule has 5 rings (SSSR count). The lowest BCUT2D eigenvalue weighted by Gasteiger charge is -2.47. The summed E-state index contributed by atoms with van der Waals surface area (Å²) >= 11 is 12.8. The van der Waals surface area contributed by atoms with E-state index < -0.39 is 5.91 Å². The van der Waals surface area contributed by atoms with Crippen LogP contribution in [0.5, 0.6) is 0 Å². The number of imidazole rings is 1. The Balaban J connectivity index is 1.19. The van der Waals surface area contributed by atoms with Crippen molar-refractivity contribution in [3.05, 3.63) is 64.0 Å². The Morgan fingerprint density at radius 3 is 2.62 bits per heavy atom. The van der Waals surface area contributed by atoms with Crippen molar-refractivity contribution in [2.75, 3.05) is 37.6 Å². The smallest absolute Gasteiger partial charge is 0.249 e. The number of carbonyl (C=O) groups is 1. The Labute approximate surface area is 227 Å². The summed E-state index contributed by atoms with van der Waals surface area (Å²) in [6, 6.07) is 8.35. The van der Waals surface area contributed by atoms with Gasteiger partial charge in [0.25, 0.3) is 0 Å². The van der Waals surface area contributed by atoms with E-state index in [1.165, 1.54) is 0 Å². The Kier molecular flexibility index (Phi) is 8.00. The van der Waals surface area contributed by atoms with Crippen LogP contribution in [0.25, 0.3) is 11.4 Å². The summed E-state index contributed by atoms with van der Waals surface area (Å²) < 4.78 is 0. The van der Waals surface area contributed by atoms with Crippen LogP contribution in [0.15, 0.2) is 42.9 Å². The molecule has 3 N–H and O–H groups in total. The zero-order valence-electron chi connectivity index (χ0n) is 21.0. The number of pyridine rings is 1. The zero-order chi connectivity index (χ0) is 25.9. The highest BCUT2D eigenvalue weighted by Gasteiger charge is 2.34. The molecular weight excluding hydrogens is 509 g/mol. The summed E-state index contributed by atoms with van der Waals surface area (Å²) in [5.41, 5.74) is 7.93. The van der Waals surface area contributed by atoms with Gasteiger partial charge in [0.15, 0.2) is 0 Å². The van der Waals surface area contributed by atoms with E-state index in [0.29, 0.717) is 34.2 Å². The number of halogens is 2. The Bertz CT molecular complexity index is 1230. The molecule has 10 heteroatoms. The van der Waals surface area contributed by atoms with E-state index in [0.717, 1.165) is 74.8 Å². The molecule has 2 aliphatic heterocycles. The first-order valence-electron chi connectivity index (χ1n) is 12.9. The fraction of sp³-hybridized carbons (Fsp3) is 0.444. The summed E-state index contributed by atoms with van der Waals surface area (Å²) in [4.78, 5) is 31.4. The molecule has 0 aliphatic carbocycles. The third kappa shape index (κ3) is 5.77. The van der Waals surface area contributed by atoms with Crippen molar-refractivity contribution in [3.8, 4) is 11.4 Å². The molecule has 2 aliphatic rings. The quantitative estimate of drug-likeness (QED) is 0.459. The monoisotopic (exact) mass is 541 g/mol. The number of piperidine rings is 1. The van der Waals surface area contributed by atoms with Gasteiger partial charge in [0.1, 0.15) is 11.6 Å². The number of amides is 1. The standard InChI is InChI=1S/C27H33Cl2N7O/c1-2-21-17-35(27-24(29)13-19(15-33-27)26-31-7-8-32-26)11-12-36(21)22-5-9-34(10-6-22)16-18-3-4-20(28)14-23(18)25(30)37/h3-4,7-8,13-15,21-22H,2,5-6,9-12,16-17H2,1H3,(H2,30,37)(H,31,32)/t21-/m0/s1. The summed E-state index contributed by atoms with van der Waals surface area (Å²) in [6.45, 7) is 7.76. The van der Waals surface area contributed by atoms with Gasteiger partial charge in [-0.25, -0.2) is 9.97 Å². The molecule has 1 atom stereocenters. The molecule has 0 radical (unpaired) electrons. The van der Waals surface area contributed by atoms with Crippen LogP contribution in [0, 0.1) is 0 Å².